The summed E-state index contributed by atoms with van der Waals surface area (Å²) in [4.78, 5) is 0. The lowest BCUT2D eigenvalue weighted by atomic mass is 10.2. The summed E-state index contributed by atoms with van der Waals surface area (Å²) in [5.41, 5.74) is 2.04. The van der Waals surface area contributed by atoms with E-state index in [1.807, 2.05) is 13.8 Å². The first-order chi connectivity index (χ1) is 7.45. The summed E-state index contributed by atoms with van der Waals surface area (Å²) in [5.74, 6) is 0. The molecule has 0 fully saturated rings. The molecule has 0 saturated heterocycles. The van der Waals surface area contributed by atoms with E-state index in [1.165, 1.54) is 25.7 Å². The maximum absolute atomic E-state index is 3.56. The van der Waals surface area contributed by atoms with Crippen LogP contribution < -0.4 is 0 Å². The molecule has 0 bridgehead atoms. The zero-order valence-electron chi connectivity index (χ0n) is 11.8. The van der Waals surface area contributed by atoms with Crippen LogP contribution in [0.5, 0.6) is 0 Å². The highest BCUT2D eigenvalue weighted by atomic mass is 13.8. The van der Waals surface area contributed by atoms with Crippen molar-refractivity contribution in [1.29, 1.82) is 0 Å². The van der Waals surface area contributed by atoms with E-state index in [0.717, 1.165) is 11.1 Å². The molecule has 0 saturated carbocycles. The smallest absolute Gasteiger partial charge is 0.0404 e. The molecule has 0 radical (unpaired) electrons. The third kappa shape index (κ3) is 52.2. The predicted molar refractivity (Wildman–Crippen MR) is 79.8 cm³/mol. The van der Waals surface area contributed by atoms with Crippen LogP contribution in [0.1, 0.15) is 53.4 Å². The second-order valence-electron chi connectivity index (χ2n) is 3.81. The fourth-order valence-electron chi connectivity index (χ4n) is 0.500. The van der Waals surface area contributed by atoms with Crippen molar-refractivity contribution in [1.82, 2.24) is 0 Å². The van der Waals surface area contributed by atoms with Crippen LogP contribution in [-0.4, -0.2) is 0 Å². The van der Waals surface area contributed by atoms with Crippen molar-refractivity contribution in [3.8, 4) is 0 Å². The number of hydrogen-bond acceptors (Lipinski definition) is 0. The summed E-state index contributed by atoms with van der Waals surface area (Å²) in [6.07, 6.45) is 8.98. The van der Waals surface area contributed by atoms with Gasteiger partial charge in [0.2, 0.25) is 0 Å². The first-order valence-corrected chi connectivity index (χ1v) is 6.02. The summed E-state index contributed by atoms with van der Waals surface area (Å²) in [6, 6.07) is 0. The Morgan fingerprint density at radius 1 is 0.812 bits per heavy atom. The molecule has 0 aromatic heterocycles. The number of unbranched alkanes of at least 4 members (excludes halogenated alkanes) is 3. The van der Waals surface area contributed by atoms with Gasteiger partial charge in [0.15, 0.2) is 0 Å². The first kappa shape index (κ1) is 20.4. The van der Waals surface area contributed by atoms with Gasteiger partial charge in [0.25, 0.3) is 0 Å². The van der Waals surface area contributed by atoms with Crippen LogP contribution in [-0.2, 0) is 0 Å². The van der Waals surface area contributed by atoms with E-state index in [9.17, 15) is 0 Å². The maximum Gasteiger partial charge on any atom is -0.0404 e. The van der Waals surface area contributed by atoms with Gasteiger partial charge < -0.3 is 0 Å². The Labute approximate surface area is 103 Å². The molecule has 0 N–H and O–H groups in total. The molecular formula is C16H30. The molecule has 0 aromatic carbocycles. The van der Waals surface area contributed by atoms with Crippen molar-refractivity contribution in [2.45, 2.75) is 53.4 Å². The lowest BCUT2D eigenvalue weighted by Gasteiger charge is -1.86. The molecule has 0 aromatic rings. The van der Waals surface area contributed by atoms with E-state index in [4.69, 9.17) is 0 Å². The lowest BCUT2D eigenvalue weighted by Crippen LogP contribution is -1.66. The number of rotatable bonds is 5. The van der Waals surface area contributed by atoms with Gasteiger partial charge in [-0.1, -0.05) is 89.1 Å². The quantitative estimate of drug-likeness (QED) is 0.390. The van der Waals surface area contributed by atoms with E-state index in [1.54, 1.807) is 12.2 Å². The molecule has 0 heteroatoms. The molecule has 0 aliphatic carbocycles. The fourth-order valence-corrected chi connectivity index (χ4v) is 0.500. The van der Waals surface area contributed by atoms with Crippen LogP contribution in [0.15, 0.2) is 49.6 Å². The van der Waals surface area contributed by atoms with Gasteiger partial charge in [-0.05, 0) is 13.8 Å². The third-order valence-corrected chi connectivity index (χ3v) is 1.65. The second kappa shape index (κ2) is 19.5. The lowest BCUT2D eigenvalue weighted by molar-refractivity contribution is 0.702. The average Bonchev–Trinajstić information content (AvgIpc) is 2.27. The Hall–Kier alpha value is -1.04. The Morgan fingerprint density at radius 3 is 1.06 bits per heavy atom. The molecule has 0 rings (SSSR count). The minimum absolute atomic E-state index is 1.02. The first-order valence-electron chi connectivity index (χ1n) is 6.02. The summed E-state index contributed by atoms with van der Waals surface area (Å²) in [6.45, 7) is 22.3. The van der Waals surface area contributed by atoms with Crippen molar-refractivity contribution in [3.05, 3.63) is 49.6 Å². The van der Waals surface area contributed by atoms with Crippen LogP contribution >= 0.6 is 0 Å². The summed E-state index contributed by atoms with van der Waals surface area (Å²) >= 11 is 0. The van der Waals surface area contributed by atoms with E-state index >= 15 is 0 Å². The monoisotopic (exact) mass is 222 g/mol. The SMILES string of the molecule is C=CC(=C)C.C=CC(=C)C.CCCCCC. The normalized spacial score (nSPS) is 7.50. The van der Waals surface area contributed by atoms with Crippen LogP contribution in [0.25, 0.3) is 0 Å². The van der Waals surface area contributed by atoms with Gasteiger partial charge in [0, 0.05) is 0 Å². The molecule has 0 aliphatic heterocycles. The minimum Gasteiger partial charge on any atom is -0.0988 e. The molecule has 94 valence electrons. The molecule has 16 heavy (non-hydrogen) atoms. The average molecular weight is 222 g/mol. The predicted octanol–water partition coefficient (Wildman–Crippen LogP) is 6.08. The summed E-state index contributed by atoms with van der Waals surface area (Å²) in [7, 11) is 0. The number of hydrogen-bond donors (Lipinski definition) is 0. The molecule has 0 heterocycles. The van der Waals surface area contributed by atoms with Gasteiger partial charge in [-0.2, -0.15) is 0 Å². The number of allylic oxidation sites excluding steroid dienone is 4. The molecule has 0 atom stereocenters. The largest absolute Gasteiger partial charge is 0.0988 e. The molecule has 0 amide bonds. The van der Waals surface area contributed by atoms with Crippen molar-refractivity contribution < 1.29 is 0 Å². The van der Waals surface area contributed by atoms with Gasteiger partial charge in [0.05, 0.1) is 0 Å². The van der Waals surface area contributed by atoms with Gasteiger partial charge in [0.1, 0.15) is 0 Å². The Morgan fingerprint density at radius 2 is 1.00 bits per heavy atom. The van der Waals surface area contributed by atoms with Crippen molar-refractivity contribution in [2.75, 3.05) is 0 Å². The topological polar surface area (TPSA) is 0 Å². The Kier molecular flexibility index (Phi) is 24.9. The zero-order chi connectivity index (χ0) is 13.4. The maximum atomic E-state index is 3.56. The van der Waals surface area contributed by atoms with Crippen LogP contribution in [0.2, 0.25) is 0 Å². The van der Waals surface area contributed by atoms with E-state index in [2.05, 4.69) is 40.2 Å². The zero-order valence-corrected chi connectivity index (χ0v) is 11.8. The van der Waals surface area contributed by atoms with Crippen LogP contribution in [0.3, 0.4) is 0 Å². The fraction of sp³-hybridized carbons (Fsp3) is 0.500. The molecule has 0 spiro atoms. The highest BCUT2D eigenvalue weighted by Gasteiger charge is 1.75. The van der Waals surface area contributed by atoms with E-state index in [0.29, 0.717) is 0 Å². The van der Waals surface area contributed by atoms with Gasteiger partial charge >= 0.3 is 0 Å². The van der Waals surface area contributed by atoms with E-state index < -0.39 is 0 Å². The highest BCUT2D eigenvalue weighted by Crippen LogP contribution is 1.95. The summed E-state index contributed by atoms with van der Waals surface area (Å²) < 4.78 is 0. The van der Waals surface area contributed by atoms with Gasteiger partial charge in [-0.25, -0.2) is 0 Å². The molecule has 0 unspecified atom stereocenters. The van der Waals surface area contributed by atoms with Crippen molar-refractivity contribution in [2.24, 2.45) is 0 Å². The van der Waals surface area contributed by atoms with Crippen LogP contribution in [0.4, 0.5) is 0 Å². The Balaban J connectivity index is -0.000000160. The minimum atomic E-state index is 1.02. The highest BCUT2D eigenvalue weighted by molar-refractivity contribution is 5.06. The Bertz CT molecular complexity index is 162. The van der Waals surface area contributed by atoms with Crippen molar-refractivity contribution in [3.63, 3.8) is 0 Å². The molecule has 0 aliphatic rings. The second-order valence-corrected chi connectivity index (χ2v) is 3.81. The molecular weight excluding hydrogens is 192 g/mol. The summed E-state index contributed by atoms with van der Waals surface area (Å²) in [5, 5.41) is 0. The standard InChI is InChI=1S/C6H14.2C5H8/c1-3-5-6-4-2;2*1-4-5(2)3/h3-6H2,1-2H3;2*4H,1-2H2,3H3. The van der Waals surface area contributed by atoms with Crippen molar-refractivity contribution >= 4 is 0 Å². The molecule has 0 nitrogen and oxygen atoms in total. The third-order valence-electron chi connectivity index (χ3n) is 1.65. The van der Waals surface area contributed by atoms with Gasteiger partial charge in [-0.15, -0.1) is 0 Å². The van der Waals surface area contributed by atoms with Crippen LogP contribution in [0, 0.1) is 0 Å². The van der Waals surface area contributed by atoms with E-state index in [-0.39, 0.29) is 0 Å². The van der Waals surface area contributed by atoms with Gasteiger partial charge in [-0.3, -0.25) is 0 Å².